The minimum atomic E-state index is -1.59. The fraction of sp³-hybridized carbons (Fsp3) is 0.353. The van der Waals surface area contributed by atoms with Gasteiger partial charge in [0.15, 0.2) is 11.6 Å². The predicted molar refractivity (Wildman–Crippen MR) is 165 cm³/mol. The lowest BCUT2D eigenvalue weighted by atomic mass is 9.85. The molecule has 0 heterocycles. The molecule has 3 aromatic carbocycles. The van der Waals surface area contributed by atoms with Crippen LogP contribution in [0.4, 0.5) is 4.79 Å². The molecule has 3 aromatic rings. The molecule has 43 heavy (non-hydrogen) atoms. The third kappa shape index (κ3) is 9.86. The van der Waals surface area contributed by atoms with Gasteiger partial charge in [0.05, 0.1) is 11.6 Å². The second-order valence-corrected chi connectivity index (χ2v) is 12.3. The topological polar surface area (TPSA) is 118 Å². The molecule has 0 saturated carbocycles. The van der Waals surface area contributed by atoms with Crippen LogP contribution in [0.25, 0.3) is 0 Å². The molecule has 0 bridgehead atoms. The van der Waals surface area contributed by atoms with Gasteiger partial charge in [-0.2, -0.15) is 5.26 Å². The third-order valence-electron chi connectivity index (χ3n) is 6.71. The minimum absolute atomic E-state index is 0.212. The Labute approximate surface area is 258 Å². The average Bonchev–Trinajstić information content (AvgIpc) is 2.94. The molecule has 2 amide bonds. The summed E-state index contributed by atoms with van der Waals surface area (Å²) in [7, 11) is 0. The summed E-state index contributed by atoms with van der Waals surface area (Å²) in [5.74, 6) is -1.55. The van der Waals surface area contributed by atoms with Gasteiger partial charge in [-0.25, -0.2) is 9.59 Å². The number of ether oxygens (including phenoxy) is 2. The summed E-state index contributed by atoms with van der Waals surface area (Å²) in [4.78, 5) is 39.6. The van der Waals surface area contributed by atoms with E-state index in [9.17, 15) is 19.6 Å². The van der Waals surface area contributed by atoms with E-state index in [2.05, 4.69) is 16.7 Å². The lowest BCUT2D eigenvalue weighted by Gasteiger charge is -2.31. The number of nitrogens with zero attached hydrogens (tertiary/aromatic N) is 1. The van der Waals surface area contributed by atoms with Gasteiger partial charge in [0.25, 0.3) is 5.91 Å². The highest BCUT2D eigenvalue weighted by Gasteiger charge is 2.38. The molecule has 0 radical (unpaired) electrons. The van der Waals surface area contributed by atoms with Crippen LogP contribution in [0, 0.1) is 11.3 Å². The predicted octanol–water partition coefficient (Wildman–Crippen LogP) is 6.63. The summed E-state index contributed by atoms with van der Waals surface area (Å²) in [5, 5.41) is 15.7. The molecule has 3 rings (SSSR count). The van der Waals surface area contributed by atoms with Crippen molar-refractivity contribution >= 4 is 29.6 Å². The van der Waals surface area contributed by atoms with Crippen LogP contribution in [-0.2, 0) is 25.5 Å². The number of benzene rings is 3. The van der Waals surface area contributed by atoms with Gasteiger partial charge in [0, 0.05) is 17.0 Å². The number of hydrogen-bond donors (Lipinski definition) is 2. The number of halogens is 1. The maximum absolute atomic E-state index is 13.6. The quantitative estimate of drug-likeness (QED) is 0.251. The smallest absolute Gasteiger partial charge is 0.408 e. The number of hydrogen-bond acceptors (Lipinski definition) is 6. The molecule has 0 saturated heterocycles. The van der Waals surface area contributed by atoms with Gasteiger partial charge in [-0.15, -0.1) is 0 Å². The van der Waals surface area contributed by atoms with E-state index in [4.69, 9.17) is 21.1 Å². The SMILES string of the molecule is C[C@H](NC(=O)C(C)(C)OC(=O)[C@@H](NC(=O)OC(C)(C)C)c1ccccc1)[C@@H](Cc1ccc(Cl)cc1)c1cccc(C#N)c1. The summed E-state index contributed by atoms with van der Waals surface area (Å²) in [6.45, 7) is 10.0. The van der Waals surface area contributed by atoms with Crippen molar-refractivity contribution in [1.82, 2.24) is 10.6 Å². The Hall–Kier alpha value is -4.35. The Morgan fingerprint density at radius 3 is 2.09 bits per heavy atom. The second kappa shape index (κ2) is 14.2. The van der Waals surface area contributed by atoms with Crippen molar-refractivity contribution in [2.75, 3.05) is 0 Å². The molecule has 2 N–H and O–H groups in total. The van der Waals surface area contributed by atoms with Gasteiger partial charge >= 0.3 is 12.1 Å². The fourth-order valence-electron chi connectivity index (χ4n) is 4.48. The summed E-state index contributed by atoms with van der Waals surface area (Å²) < 4.78 is 11.1. The van der Waals surface area contributed by atoms with E-state index in [-0.39, 0.29) is 5.92 Å². The van der Waals surface area contributed by atoms with Crippen LogP contribution in [0.3, 0.4) is 0 Å². The number of esters is 1. The Morgan fingerprint density at radius 1 is 0.860 bits per heavy atom. The van der Waals surface area contributed by atoms with E-state index in [0.29, 0.717) is 22.6 Å². The molecule has 0 spiro atoms. The van der Waals surface area contributed by atoms with Crippen molar-refractivity contribution in [3.05, 3.63) is 106 Å². The van der Waals surface area contributed by atoms with Crippen molar-refractivity contribution in [3.63, 3.8) is 0 Å². The molecule has 0 unspecified atom stereocenters. The maximum atomic E-state index is 13.6. The monoisotopic (exact) mass is 603 g/mol. The molecule has 0 aliphatic carbocycles. The first-order valence-corrected chi connectivity index (χ1v) is 14.4. The zero-order valence-electron chi connectivity index (χ0n) is 25.3. The highest BCUT2D eigenvalue weighted by molar-refractivity contribution is 6.30. The minimum Gasteiger partial charge on any atom is -0.448 e. The molecule has 0 fully saturated rings. The van der Waals surface area contributed by atoms with E-state index in [1.165, 1.54) is 13.8 Å². The number of rotatable bonds is 10. The number of carbonyl (C=O) groups excluding carboxylic acids is 3. The molecule has 0 aliphatic rings. The Bertz CT molecular complexity index is 1460. The van der Waals surface area contributed by atoms with Crippen LogP contribution in [-0.4, -0.2) is 35.2 Å². The van der Waals surface area contributed by atoms with Crippen molar-refractivity contribution in [2.24, 2.45) is 0 Å². The molecule has 3 atom stereocenters. The van der Waals surface area contributed by atoms with E-state index in [1.807, 2.05) is 31.2 Å². The lowest BCUT2D eigenvalue weighted by Crippen LogP contribution is -2.51. The van der Waals surface area contributed by atoms with E-state index >= 15 is 0 Å². The van der Waals surface area contributed by atoms with Gasteiger partial charge < -0.3 is 20.1 Å². The standard InChI is InChI=1S/C34H38ClN3O5/c1-22(28(20-23-15-17-27(35)18-16-23)26-14-10-11-24(19-26)21-36)37-31(40)34(5,6)42-30(39)29(25-12-8-7-9-13-25)38-32(41)43-33(2,3)4/h7-19,22,28-29H,20H2,1-6H3,(H,37,40)(H,38,41)/t22-,28+,29-/m0/s1. The van der Waals surface area contributed by atoms with Crippen molar-refractivity contribution < 1.29 is 23.9 Å². The largest absolute Gasteiger partial charge is 0.448 e. The van der Waals surface area contributed by atoms with Gasteiger partial charge in [-0.3, -0.25) is 4.79 Å². The van der Waals surface area contributed by atoms with E-state index in [1.54, 1.807) is 75.4 Å². The Kier molecular flexibility index (Phi) is 11.0. The van der Waals surface area contributed by atoms with Crippen LogP contribution in [0.15, 0.2) is 78.9 Å². The first-order chi connectivity index (χ1) is 20.2. The van der Waals surface area contributed by atoms with Crippen LogP contribution >= 0.6 is 11.6 Å². The van der Waals surface area contributed by atoms with Crippen LogP contribution in [0.5, 0.6) is 0 Å². The summed E-state index contributed by atoms with van der Waals surface area (Å²) in [5.41, 5.74) is 0.497. The first-order valence-electron chi connectivity index (χ1n) is 14.0. The lowest BCUT2D eigenvalue weighted by molar-refractivity contribution is -0.167. The van der Waals surface area contributed by atoms with Gasteiger partial charge in [-0.1, -0.05) is 66.2 Å². The molecular weight excluding hydrogens is 566 g/mol. The summed E-state index contributed by atoms with van der Waals surface area (Å²) in [6, 6.07) is 23.9. The molecule has 8 nitrogen and oxygen atoms in total. The number of nitriles is 1. The summed E-state index contributed by atoms with van der Waals surface area (Å²) >= 11 is 6.08. The Morgan fingerprint density at radius 2 is 1.49 bits per heavy atom. The zero-order valence-corrected chi connectivity index (χ0v) is 26.1. The summed E-state index contributed by atoms with van der Waals surface area (Å²) in [6.07, 6.45) is -0.234. The van der Waals surface area contributed by atoms with E-state index < -0.39 is 41.3 Å². The number of carbonyl (C=O) groups is 3. The second-order valence-electron chi connectivity index (χ2n) is 11.9. The van der Waals surface area contributed by atoms with Crippen LogP contribution < -0.4 is 10.6 Å². The molecule has 226 valence electrons. The third-order valence-corrected chi connectivity index (χ3v) is 6.96. The molecule has 0 aromatic heterocycles. The number of amides is 2. The van der Waals surface area contributed by atoms with E-state index in [0.717, 1.165) is 11.1 Å². The van der Waals surface area contributed by atoms with Crippen molar-refractivity contribution in [2.45, 2.75) is 77.2 Å². The number of nitrogens with one attached hydrogen (secondary N) is 2. The maximum Gasteiger partial charge on any atom is 0.408 e. The molecular formula is C34H38ClN3O5. The van der Waals surface area contributed by atoms with Crippen molar-refractivity contribution in [3.8, 4) is 6.07 Å². The normalized spacial score (nSPS) is 13.5. The molecule has 0 aliphatic heterocycles. The van der Waals surface area contributed by atoms with Crippen LogP contribution in [0.1, 0.15) is 75.8 Å². The van der Waals surface area contributed by atoms with Crippen molar-refractivity contribution in [1.29, 1.82) is 5.26 Å². The van der Waals surface area contributed by atoms with Gasteiger partial charge in [-0.05, 0) is 88.9 Å². The zero-order chi connectivity index (χ0) is 31.8. The average molecular weight is 604 g/mol. The highest BCUT2D eigenvalue weighted by Crippen LogP contribution is 2.27. The fourth-order valence-corrected chi connectivity index (χ4v) is 4.61. The first kappa shape index (κ1) is 33.2. The number of alkyl carbamates (subject to hydrolysis) is 1. The highest BCUT2D eigenvalue weighted by atomic mass is 35.5. The van der Waals surface area contributed by atoms with Gasteiger partial charge in [0.2, 0.25) is 0 Å². The molecule has 9 heteroatoms. The van der Waals surface area contributed by atoms with Gasteiger partial charge in [0.1, 0.15) is 5.60 Å². The Balaban J connectivity index is 1.81. The van der Waals surface area contributed by atoms with Crippen LogP contribution in [0.2, 0.25) is 5.02 Å².